The summed E-state index contributed by atoms with van der Waals surface area (Å²) < 4.78 is 3.47. The van der Waals surface area contributed by atoms with Crippen LogP contribution in [0.25, 0.3) is 15.3 Å². The van der Waals surface area contributed by atoms with Crippen molar-refractivity contribution in [1.82, 2.24) is 24.2 Å². The Hall–Kier alpha value is -2.19. The van der Waals surface area contributed by atoms with Crippen LogP contribution in [0.2, 0.25) is 0 Å². The molecule has 0 bridgehead atoms. The van der Waals surface area contributed by atoms with Gasteiger partial charge in [0.2, 0.25) is 0 Å². The molecule has 0 aromatic carbocycles. The van der Waals surface area contributed by atoms with Crippen molar-refractivity contribution >= 4 is 22.1 Å². The first-order chi connectivity index (χ1) is 9.61. The maximum absolute atomic E-state index is 12.5. The molecule has 0 unspecified atom stereocenters. The second-order valence-corrected chi connectivity index (χ2v) is 5.30. The molecule has 3 aromatic heterocycles. The van der Waals surface area contributed by atoms with E-state index in [0.29, 0.717) is 5.69 Å². The lowest BCUT2D eigenvalue weighted by Crippen LogP contribution is -2.26. The Morgan fingerprint density at radius 3 is 2.90 bits per heavy atom. The van der Waals surface area contributed by atoms with E-state index in [1.54, 1.807) is 34.9 Å². The normalized spacial score (nSPS) is 11.2. The summed E-state index contributed by atoms with van der Waals surface area (Å²) in [5.41, 5.74) is 1.42. The smallest absolute Gasteiger partial charge is 0.284 e. The molecule has 1 amide bonds. The Balaban J connectivity index is 2.21. The van der Waals surface area contributed by atoms with Crippen LogP contribution in [0.1, 0.15) is 10.5 Å². The van der Waals surface area contributed by atoms with Crippen LogP contribution in [0.15, 0.2) is 24.9 Å². The summed E-state index contributed by atoms with van der Waals surface area (Å²) in [6.45, 7) is 0. The molecule has 8 heteroatoms. The van der Waals surface area contributed by atoms with Gasteiger partial charge in [-0.15, -0.1) is 11.3 Å². The predicted molar refractivity (Wildman–Crippen MR) is 74.4 cm³/mol. The third-order valence-corrected chi connectivity index (χ3v) is 4.14. The summed E-state index contributed by atoms with van der Waals surface area (Å²) in [5, 5.41) is 5.35. The molecule has 3 rings (SSSR count). The first-order valence-corrected chi connectivity index (χ1v) is 6.69. The standard InChI is InChI=1S/C12H13N5O2S/c1-15-6-8(4-14-15)11-10(12(18)16(2)19-3)17-7-13-5-9(17)20-11/h4-7H,1-3H3. The van der Waals surface area contributed by atoms with E-state index in [4.69, 9.17) is 4.84 Å². The summed E-state index contributed by atoms with van der Waals surface area (Å²) >= 11 is 1.50. The van der Waals surface area contributed by atoms with Crippen LogP contribution in [-0.2, 0) is 11.9 Å². The van der Waals surface area contributed by atoms with Gasteiger partial charge in [-0.25, -0.2) is 10.0 Å². The third-order valence-electron chi connectivity index (χ3n) is 3.00. The number of carbonyl (C=O) groups is 1. The van der Waals surface area contributed by atoms with Gasteiger partial charge in [-0.2, -0.15) is 5.10 Å². The SMILES string of the molecule is CON(C)C(=O)c1c(-c2cnn(C)c2)sc2cncn12. The number of hydrogen-bond donors (Lipinski definition) is 0. The van der Waals surface area contributed by atoms with Crippen LogP contribution in [0.5, 0.6) is 0 Å². The lowest BCUT2D eigenvalue weighted by atomic mass is 10.2. The Kier molecular flexibility index (Phi) is 3.03. The Labute approximate surface area is 119 Å². The molecule has 3 heterocycles. The molecule has 104 valence electrons. The van der Waals surface area contributed by atoms with Gasteiger partial charge in [-0.05, 0) is 0 Å². The average molecular weight is 291 g/mol. The molecule has 0 saturated heterocycles. The van der Waals surface area contributed by atoms with E-state index in [1.807, 2.05) is 13.2 Å². The van der Waals surface area contributed by atoms with Crippen LogP contribution in [-0.4, -0.2) is 44.3 Å². The highest BCUT2D eigenvalue weighted by Crippen LogP contribution is 2.33. The average Bonchev–Trinajstić information content (AvgIpc) is 3.11. The number of nitrogens with zero attached hydrogens (tertiary/aromatic N) is 5. The van der Waals surface area contributed by atoms with Gasteiger partial charge in [0, 0.05) is 25.9 Å². The fourth-order valence-corrected chi connectivity index (χ4v) is 3.02. The summed E-state index contributed by atoms with van der Waals surface area (Å²) in [7, 11) is 4.88. The van der Waals surface area contributed by atoms with Crippen LogP contribution >= 0.6 is 11.3 Å². The minimum atomic E-state index is -0.226. The summed E-state index contributed by atoms with van der Waals surface area (Å²) in [6.07, 6.45) is 6.97. The fourth-order valence-electron chi connectivity index (χ4n) is 1.95. The molecule has 7 nitrogen and oxygen atoms in total. The molecule has 0 spiro atoms. The topological polar surface area (TPSA) is 64.7 Å². The van der Waals surface area contributed by atoms with Crippen molar-refractivity contribution in [2.75, 3.05) is 14.2 Å². The van der Waals surface area contributed by atoms with Crippen molar-refractivity contribution in [2.45, 2.75) is 0 Å². The van der Waals surface area contributed by atoms with Crippen molar-refractivity contribution in [2.24, 2.45) is 7.05 Å². The zero-order valence-corrected chi connectivity index (χ0v) is 12.1. The second-order valence-electron chi connectivity index (χ2n) is 4.27. The van der Waals surface area contributed by atoms with Crippen molar-refractivity contribution in [1.29, 1.82) is 0 Å². The molecule has 0 fully saturated rings. The van der Waals surface area contributed by atoms with Gasteiger partial charge in [0.25, 0.3) is 5.91 Å². The number of fused-ring (bicyclic) bond motifs is 1. The minimum absolute atomic E-state index is 0.226. The highest BCUT2D eigenvalue weighted by Gasteiger charge is 2.24. The zero-order chi connectivity index (χ0) is 14.3. The number of hydrogen-bond acceptors (Lipinski definition) is 5. The van der Waals surface area contributed by atoms with Crippen molar-refractivity contribution < 1.29 is 9.63 Å². The summed E-state index contributed by atoms with van der Waals surface area (Å²) in [6, 6.07) is 0. The minimum Gasteiger partial charge on any atom is -0.284 e. The number of imidazole rings is 1. The lowest BCUT2D eigenvalue weighted by Gasteiger charge is -2.13. The van der Waals surface area contributed by atoms with Gasteiger partial charge in [-0.3, -0.25) is 18.7 Å². The Morgan fingerprint density at radius 1 is 1.45 bits per heavy atom. The van der Waals surface area contributed by atoms with Gasteiger partial charge in [0.1, 0.15) is 16.9 Å². The molecule has 0 N–H and O–H groups in total. The predicted octanol–water partition coefficient (Wildman–Crippen LogP) is 1.43. The van der Waals surface area contributed by atoms with Crippen molar-refractivity contribution in [3.63, 3.8) is 0 Å². The number of carbonyl (C=O) groups excluding carboxylic acids is 1. The number of thiazole rings is 1. The van der Waals surface area contributed by atoms with Crippen LogP contribution < -0.4 is 0 Å². The Bertz CT molecular complexity index is 772. The molecule has 0 atom stereocenters. The van der Waals surface area contributed by atoms with Crippen LogP contribution in [0.4, 0.5) is 0 Å². The molecule has 0 aliphatic heterocycles. The summed E-state index contributed by atoms with van der Waals surface area (Å²) in [5.74, 6) is -0.226. The molecule has 0 saturated carbocycles. The van der Waals surface area contributed by atoms with Crippen LogP contribution in [0.3, 0.4) is 0 Å². The number of rotatable bonds is 3. The highest BCUT2D eigenvalue weighted by atomic mass is 32.1. The van der Waals surface area contributed by atoms with E-state index < -0.39 is 0 Å². The fraction of sp³-hybridized carbons (Fsp3) is 0.250. The van der Waals surface area contributed by atoms with Crippen molar-refractivity contribution in [3.8, 4) is 10.4 Å². The van der Waals surface area contributed by atoms with Gasteiger partial charge in [0.15, 0.2) is 0 Å². The van der Waals surface area contributed by atoms with Crippen LogP contribution in [0, 0.1) is 0 Å². The monoisotopic (exact) mass is 291 g/mol. The zero-order valence-electron chi connectivity index (χ0n) is 11.3. The maximum Gasteiger partial charge on any atom is 0.295 e. The first kappa shape index (κ1) is 12.8. The van der Waals surface area contributed by atoms with Crippen molar-refractivity contribution in [3.05, 3.63) is 30.6 Å². The first-order valence-electron chi connectivity index (χ1n) is 5.88. The van der Waals surface area contributed by atoms with Gasteiger partial charge in [-0.1, -0.05) is 0 Å². The quantitative estimate of drug-likeness (QED) is 0.685. The second kappa shape index (κ2) is 4.73. The van der Waals surface area contributed by atoms with E-state index in [9.17, 15) is 4.79 Å². The third kappa shape index (κ3) is 1.89. The number of hydroxylamine groups is 2. The molecule has 20 heavy (non-hydrogen) atoms. The van der Waals surface area contributed by atoms with Gasteiger partial charge in [0.05, 0.1) is 24.4 Å². The van der Waals surface area contributed by atoms with E-state index >= 15 is 0 Å². The number of aromatic nitrogens is 4. The highest BCUT2D eigenvalue weighted by molar-refractivity contribution is 7.21. The number of aryl methyl sites for hydroxylation is 1. The molecule has 0 radical (unpaired) electrons. The number of amides is 1. The molecule has 0 aliphatic rings. The largest absolute Gasteiger partial charge is 0.295 e. The van der Waals surface area contributed by atoms with E-state index in [1.165, 1.54) is 23.5 Å². The van der Waals surface area contributed by atoms with E-state index in [0.717, 1.165) is 15.3 Å². The Morgan fingerprint density at radius 2 is 2.25 bits per heavy atom. The molecule has 3 aromatic rings. The lowest BCUT2D eigenvalue weighted by molar-refractivity contribution is -0.0760. The van der Waals surface area contributed by atoms with E-state index in [2.05, 4.69) is 10.1 Å². The van der Waals surface area contributed by atoms with Gasteiger partial charge < -0.3 is 0 Å². The summed E-state index contributed by atoms with van der Waals surface area (Å²) in [4.78, 5) is 23.3. The van der Waals surface area contributed by atoms with Gasteiger partial charge >= 0.3 is 0 Å². The molecule has 0 aliphatic carbocycles. The molecular weight excluding hydrogens is 278 g/mol. The molecular formula is C12H13N5O2S. The maximum atomic E-state index is 12.5. The van der Waals surface area contributed by atoms with E-state index in [-0.39, 0.29) is 5.91 Å².